The number of benzene rings is 2. The Balaban J connectivity index is 2.46. The molecule has 2 aromatic rings. The summed E-state index contributed by atoms with van der Waals surface area (Å²) in [4.78, 5) is 0.00405. The van der Waals surface area contributed by atoms with Crippen molar-refractivity contribution < 1.29 is 4.39 Å². The lowest BCUT2D eigenvalue weighted by Gasteiger charge is -2.13. The lowest BCUT2D eigenvalue weighted by molar-refractivity contribution is 0.626. The molecule has 5 heteroatoms. The van der Waals surface area contributed by atoms with E-state index in [4.69, 9.17) is 29.6 Å². The van der Waals surface area contributed by atoms with Crippen LogP contribution in [0.3, 0.4) is 0 Å². The summed E-state index contributed by atoms with van der Waals surface area (Å²) in [6, 6.07) is 10.2. The van der Waals surface area contributed by atoms with Gasteiger partial charge in [-0.05, 0) is 36.8 Å². The topological polar surface area (TPSA) is 38.0 Å². The minimum atomic E-state index is -0.457. The fraction of sp³-hybridized carbons (Fsp3) is 0.0714. The molecule has 0 radical (unpaired) electrons. The van der Waals surface area contributed by atoms with Gasteiger partial charge in [0.25, 0.3) is 0 Å². The van der Waals surface area contributed by atoms with Crippen LogP contribution in [-0.4, -0.2) is 4.99 Å². The van der Waals surface area contributed by atoms with E-state index >= 15 is 0 Å². The molecule has 0 aromatic heterocycles. The summed E-state index contributed by atoms with van der Waals surface area (Å²) < 4.78 is 13.7. The first-order valence-electron chi connectivity index (χ1n) is 5.60. The molecule has 0 bridgehead atoms. The van der Waals surface area contributed by atoms with E-state index in [1.54, 1.807) is 18.2 Å². The van der Waals surface area contributed by atoms with Crippen molar-refractivity contribution in [3.05, 3.63) is 58.4 Å². The van der Waals surface area contributed by atoms with Crippen LogP contribution in [0.4, 0.5) is 15.8 Å². The molecule has 0 spiro atoms. The van der Waals surface area contributed by atoms with Crippen molar-refractivity contribution in [2.75, 3.05) is 5.32 Å². The summed E-state index contributed by atoms with van der Waals surface area (Å²) in [5.41, 5.74) is 7.97. The van der Waals surface area contributed by atoms with E-state index in [0.29, 0.717) is 16.4 Å². The van der Waals surface area contributed by atoms with Gasteiger partial charge in [0.2, 0.25) is 0 Å². The first kappa shape index (κ1) is 13.8. The summed E-state index contributed by atoms with van der Waals surface area (Å²) in [7, 11) is 0. The average Bonchev–Trinajstić information content (AvgIpc) is 2.33. The van der Waals surface area contributed by atoms with Gasteiger partial charge in [-0.15, -0.1) is 0 Å². The van der Waals surface area contributed by atoms with Crippen LogP contribution in [0.2, 0.25) is 5.02 Å². The second kappa shape index (κ2) is 5.55. The molecule has 0 unspecified atom stereocenters. The fourth-order valence-corrected chi connectivity index (χ4v) is 2.13. The second-order valence-corrected chi connectivity index (χ2v) is 4.98. The van der Waals surface area contributed by atoms with Gasteiger partial charge in [0.1, 0.15) is 10.8 Å². The first-order valence-corrected chi connectivity index (χ1v) is 6.39. The average molecular weight is 295 g/mol. The third kappa shape index (κ3) is 3.03. The highest BCUT2D eigenvalue weighted by Gasteiger charge is 2.12. The number of nitrogens with one attached hydrogen (secondary N) is 1. The number of halogens is 2. The van der Waals surface area contributed by atoms with Crippen LogP contribution in [0.15, 0.2) is 36.4 Å². The van der Waals surface area contributed by atoms with Gasteiger partial charge in [-0.1, -0.05) is 36.0 Å². The quantitative estimate of drug-likeness (QED) is 0.835. The number of hydrogen-bond acceptors (Lipinski definition) is 2. The number of aryl methyl sites for hydroxylation is 1. The van der Waals surface area contributed by atoms with Crippen LogP contribution in [0.5, 0.6) is 0 Å². The predicted octanol–water partition coefficient (Wildman–Crippen LogP) is 4.17. The summed E-state index contributed by atoms with van der Waals surface area (Å²) >= 11 is 11.0. The van der Waals surface area contributed by atoms with E-state index in [0.717, 1.165) is 5.56 Å². The monoisotopic (exact) mass is 294 g/mol. The lowest BCUT2D eigenvalue weighted by atomic mass is 10.1. The van der Waals surface area contributed by atoms with Gasteiger partial charge in [-0.2, -0.15) is 0 Å². The van der Waals surface area contributed by atoms with Gasteiger partial charge in [0.15, 0.2) is 0 Å². The van der Waals surface area contributed by atoms with E-state index in [1.807, 2.05) is 19.1 Å². The Bertz CT molecular complexity index is 643. The smallest absolute Gasteiger partial charge is 0.135 e. The predicted molar refractivity (Wildman–Crippen MR) is 81.8 cm³/mol. The van der Waals surface area contributed by atoms with Crippen molar-refractivity contribution in [1.29, 1.82) is 0 Å². The Morgan fingerprint density at radius 2 is 2.00 bits per heavy atom. The molecule has 0 aliphatic carbocycles. The highest BCUT2D eigenvalue weighted by atomic mass is 35.5. The molecule has 0 heterocycles. The number of hydrogen-bond donors (Lipinski definition) is 2. The second-order valence-electron chi connectivity index (χ2n) is 4.13. The Morgan fingerprint density at radius 1 is 1.26 bits per heavy atom. The van der Waals surface area contributed by atoms with Gasteiger partial charge < -0.3 is 11.1 Å². The van der Waals surface area contributed by atoms with Gasteiger partial charge in [0, 0.05) is 0 Å². The highest BCUT2D eigenvalue weighted by Crippen LogP contribution is 2.29. The van der Waals surface area contributed by atoms with Crippen molar-refractivity contribution >= 4 is 40.2 Å². The molecule has 2 rings (SSSR count). The first-order chi connectivity index (χ1) is 8.99. The molecule has 0 saturated carbocycles. The van der Waals surface area contributed by atoms with E-state index in [9.17, 15) is 4.39 Å². The minimum Gasteiger partial charge on any atom is -0.389 e. The van der Waals surface area contributed by atoms with Crippen LogP contribution in [0.1, 0.15) is 11.1 Å². The molecule has 0 saturated heterocycles. The SMILES string of the molecule is Cc1ccc(Cl)c(Nc2cccc(F)c2C(N)=S)c1. The van der Waals surface area contributed by atoms with Crippen molar-refractivity contribution in [2.45, 2.75) is 6.92 Å². The molecular formula is C14H12ClFN2S. The lowest BCUT2D eigenvalue weighted by Crippen LogP contribution is -2.14. The summed E-state index contributed by atoms with van der Waals surface area (Å²) in [5.74, 6) is -0.457. The standard InChI is InChI=1S/C14H12ClFN2S/c1-8-5-6-9(15)12(7-8)18-11-4-2-3-10(16)13(11)14(17)19/h2-7,18H,1H3,(H2,17,19). The number of anilines is 2. The zero-order valence-electron chi connectivity index (χ0n) is 10.2. The van der Waals surface area contributed by atoms with Crippen molar-refractivity contribution in [1.82, 2.24) is 0 Å². The van der Waals surface area contributed by atoms with E-state index in [2.05, 4.69) is 5.32 Å². The molecule has 0 aliphatic rings. The maximum absolute atomic E-state index is 13.7. The number of rotatable bonds is 3. The largest absolute Gasteiger partial charge is 0.389 e. The number of thiocarbonyl (C=S) groups is 1. The summed E-state index contributed by atoms with van der Waals surface area (Å²) in [6.45, 7) is 1.95. The zero-order valence-corrected chi connectivity index (χ0v) is 11.8. The molecule has 0 fully saturated rings. The van der Waals surface area contributed by atoms with Gasteiger partial charge >= 0.3 is 0 Å². The maximum atomic E-state index is 13.7. The van der Waals surface area contributed by atoms with E-state index in [-0.39, 0.29) is 10.6 Å². The maximum Gasteiger partial charge on any atom is 0.135 e. The van der Waals surface area contributed by atoms with Gasteiger partial charge in [-0.25, -0.2) is 4.39 Å². The van der Waals surface area contributed by atoms with Gasteiger partial charge in [-0.3, -0.25) is 0 Å². The van der Waals surface area contributed by atoms with Crippen LogP contribution in [0.25, 0.3) is 0 Å². The van der Waals surface area contributed by atoms with Crippen LogP contribution < -0.4 is 11.1 Å². The van der Waals surface area contributed by atoms with E-state index in [1.165, 1.54) is 6.07 Å². The van der Waals surface area contributed by atoms with E-state index < -0.39 is 5.82 Å². The third-order valence-corrected chi connectivity index (χ3v) is 3.18. The summed E-state index contributed by atoms with van der Waals surface area (Å²) in [5, 5.41) is 3.61. The van der Waals surface area contributed by atoms with Crippen molar-refractivity contribution in [3.8, 4) is 0 Å². The third-order valence-electron chi connectivity index (χ3n) is 2.65. The molecule has 3 N–H and O–H groups in total. The Morgan fingerprint density at radius 3 is 2.68 bits per heavy atom. The molecule has 0 amide bonds. The highest BCUT2D eigenvalue weighted by molar-refractivity contribution is 7.80. The Kier molecular flexibility index (Phi) is 4.02. The summed E-state index contributed by atoms with van der Waals surface area (Å²) in [6.07, 6.45) is 0. The number of nitrogens with two attached hydrogens (primary N) is 1. The molecular weight excluding hydrogens is 283 g/mol. The zero-order chi connectivity index (χ0) is 14.0. The molecule has 0 atom stereocenters. The molecule has 2 nitrogen and oxygen atoms in total. The molecule has 98 valence electrons. The van der Waals surface area contributed by atoms with Crippen LogP contribution in [0, 0.1) is 12.7 Å². The Labute approximate surface area is 121 Å². The minimum absolute atomic E-state index is 0.00405. The van der Waals surface area contributed by atoms with Crippen LogP contribution in [-0.2, 0) is 0 Å². The van der Waals surface area contributed by atoms with Crippen LogP contribution >= 0.6 is 23.8 Å². The molecule has 2 aromatic carbocycles. The van der Waals surface area contributed by atoms with Gasteiger partial charge in [0.05, 0.1) is 22.0 Å². The van der Waals surface area contributed by atoms with Crippen molar-refractivity contribution in [3.63, 3.8) is 0 Å². The normalized spacial score (nSPS) is 10.3. The fourth-order valence-electron chi connectivity index (χ4n) is 1.76. The Hall–Kier alpha value is -1.65. The molecule has 19 heavy (non-hydrogen) atoms. The molecule has 0 aliphatic heterocycles. The van der Waals surface area contributed by atoms with Crippen molar-refractivity contribution in [2.24, 2.45) is 5.73 Å².